The van der Waals surface area contributed by atoms with Crippen molar-refractivity contribution in [2.24, 2.45) is 5.92 Å². The zero-order valence-corrected chi connectivity index (χ0v) is 12.3. The molecule has 0 radical (unpaired) electrons. The molecule has 0 aliphatic heterocycles. The lowest BCUT2D eigenvalue weighted by molar-refractivity contribution is -0.137. The van der Waals surface area contributed by atoms with E-state index in [4.69, 9.17) is 9.84 Å². The monoisotopic (exact) mass is 274 g/mol. The topological polar surface area (TPSA) is 78.9 Å². The Morgan fingerprint density at radius 3 is 2.42 bits per heavy atom. The quantitative estimate of drug-likeness (QED) is 0.668. The molecule has 0 aromatic heterocycles. The minimum absolute atomic E-state index is 0.0535. The number of methoxy groups -OCH3 is 1. The van der Waals surface area contributed by atoms with E-state index >= 15 is 0 Å². The Morgan fingerprint density at radius 1 is 1.37 bits per heavy atom. The molecule has 19 heavy (non-hydrogen) atoms. The first kappa shape index (κ1) is 17.7. The van der Waals surface area contributed by atoms with Crippen LogP contribution in [0.15, 0.2) is 0 Å². The minimum atomic E-state index is -0.903. The number of nitrogens with one attached hydrogen (secondary N) is 1. The molecule has 0 fully saturated rings. The molecular weight excluding hydrogens is 248 g/mol. The maximum Gasteiger partial charge on any atom is 0.317 e. The van der Waals surface area contributed by atoms with Gasteiger partial charge in [0.2, 0.25) is 0 Å². The van der Waals surface area contributed by atoms with Gasteiger partial charge in [0.05, 0.1) is 13.0 Å². The van der Waals surface area contributed by atoms with E-state index in [-0.39, 0.29) is 18.5 Å². The number of hydrogen-bond acceptors (Lipinski definition) is 3. The van der Waals surface area contributed by atoms with Crippen molar-refractivity contribution >= 4 is 12.0 Å². The molecule has 0 spiro atoms. The lowest BCUT2D eigenvalue weighted by atomic mass is 10.1. The summed E-state index contributed by atoms with van der Waals surface area (Å²) in [6, 6.07) is -0.555. The third kappa shape index (κ3) is 8.42. The highest BCUT2D eigenvalue weighted by Crippen LogP contribution is 2.03. The molecule has 2 N–H and O–H groups in total. The van der Waals surface area contributed by atoms with Crippen molar-refractivity contribution in [2.45, 2.75) is 39.7 Å². The van der Waals surface area contributed by atoms with Crippen LogP contribution >= 0.6 is 0 Å². The summed E-state index contributed by atoms with van der Waals surface area (Å²) in [7, 11) is 1.59. The molecule has 6 heteroatoms. The van der Waals surface area contributed by atoms with E-state index in [0.29, 0.717) is 32.0 Å². The summed E-state index contributed by atoms with van der Waals surface area (Å²) in [5.41, 5.74) is 0. The summed E-state index contributed by atoms with van der Waals surface area (Å²) >= 11 is 0. The van der Waals surface area contributed by atoms with Crippen LogP contribution in [0.25, 0.3) is 0 Å². The van der Waals surface area contributed by atoms with E-state index in [1.165, 1.54) is 0 Å². The number of carboxylic acids is 1. The number of amides is 2. The normalized spacial score (nSPS) is 12.3. The molecule has 0 bridgehead atoms. The zero-order valence-electron chi connectivity index (χ0n) is 12.3. The van der Waals surface area contributed by atoms with Gasteiger partial charge >= 0.3 is 12.0 Å². The maximum atomic E-state index is 12.1. The van der Waals surface area contributed by atoms with Crippen LogP contribution in [0.3, 0.4) is 0 Å². The molecule has 1 atom stereocenters. The largest absolute Gasteiger partial charge is 0.481 e. The van der Waals surface area contributed by atoms with Crippen LogP contribution in [0.1, 0.15) is 33.6 Å². The Balaban J connectivity index is 4.46. The molecule has 0 aliphatic carbocycles. The van der Waals surface area contributed by atoms with Gasteiger partial charge in [0.15, 0.2) is 0 Å². The van der Waals surface area contributed by atoms with Gasteiger partial charge in [-0.15, -0.1) is 0 Å². The van der Waals surface area contributed by atoms with Crippen molar-refractivity contribution < 1.29 is 19.4 Å². The number of carbonyl (C=O) groups excluding carboxylic acids is 1. The van der Waals surface area contributed by atoms with Gasteiger partial charge in [-0.25, -0.2) is 4.79 Å². The molecule has 0 aromatic carbocycles. The van der Waals surface area contributed by atoms with Crippen molar-refractivity contribution in [1.29, 1.82) is 0 Å². The third-order valence-corrected chi connectivity index (χ3v) is 2.68. The number of ether oxygens (including phenoxy) is 1. The van der Waals surface area contributed by atoms with Gasteiger partial charge < -0.3 is 20.1 Å². The number of rotatable bonds is 9. The van der Waals surface area contributed by atoms with E-state index in [0.717, 1.165) is 0 Å². The summed E-state index contributed by atoms with van der Waals surface area (Å²) in [5.74, 6) is -0.554. The van der Waals surface area contributed by atoms with E-state index in [9.17, 15) is 9.59 Å². The molecular formula is C13H26N2O4. The number of aliphatic carboxylic acids is 1. The summed E-state index contributed by atoms with van der Waals surface area (Å²) in [6.07, 6.45) is 0.542. The second-order valence-corrected chi connectivity index (χ2v) is 4.99. The summed E-state index contributed by atoms with van der Waals surface area (Å²) in [6.45, 7) is 7.51. The van der Waals surface area contributed by atoms with Crippen molar-refractivity contribution in [1.82, 2.24) is 10.2 Å². The predicted molar refractivity (Wildman–Crippen MR) is 73.2 cm³/mol. The number of urea groups is 1. The lowest BCUT2D eigenvalue weighted by Crippen LogP contribution is -2.47. The van der Waals surface area contributed by atoms with Crippen LogP contribution in [-0.2, 0) is 9.53 Å². The molecule has 0 saturated carbocycles. The Kier molecular flexibility index (Phi) is 8.95. The highest BCUT2D eigenvalue weighted by atomic mass is 16.5. The van der Waals surface area contributed by atoms with E-state index in [2.05, 4.69) is 5.32 Å². The van der Waals surface area contributed by atoms with Gasteiger partial charge in [0, 0.05) is 26.2 Å². The summed E-state index contributed by atoms with van der Waals surface area (Å²) in [4.78, 5) is 24.5. The van der Waals surface area contributed by atoms with Crippen LogP contribution in [0, 0.1) is 5.92 Å². The molecule has 112 valence electrons. The van der Waals surface area contributed by atoms with Gasteiger partial charge in [-0.05, 0) is 12.3 Å². The molecule has 0 saturated heterocycles. The minimum Gasteiger partial charge on any atom is -0.481 e. The van der Waals surface area contributed by atoms with Crippen molar-refractivity contribution in [3.63, 3.8) is 0 Å². The van der Waals surface area contributed by atoms with Gasteiger partial charge in [0.25, 0.3) is 0 Å². The number of carboxylic acid groups (broad SMARTS) is 1. The average molecular weight is 274 g/mol. The Labute approximate surface area is 115 Å². The second kappa shape index (κ2) is 9.61. The van der Waals surface area contributed by atoms with Crippen LogP contribution in [0.2, 0.25) is 0 Å². The van der Waals surface area contributed by atoms with Gasteiger partial charge in [-0.3, -0.25) is 4.79 Å². The van der Waals surface area contributed by atoms with Crippen LogP contribution in [0.5, 0.6) is 0 Å². The summed E-state index contributed by atoms with van der Waals surface area (Å²) in [5, 5.41) is 11.5. The first-order chi connectivity index (χ1) is 8.90. The smallest absolute Gasteiger partial charge is 0.317 e. The highest BCUT2D eigenvalue weighted by Gasteiger charge is 2.19. The third-order valence-electron chi connectivity index (χ3n) is 2.68. The number of nitrogens with zero attached hydrogens (tertiary/aromatic N) is 1. The van der Waals surface area contributed by atoms with Crippen LogP contribution < -0.4 is 5.32 Å². The van der Waals surface area contributed by atoms with Crippen LogP contribution in [0.4, 0.5) is 4.79 Å². The molecule has 0 rings (SSSR count). The standard InChI is InChI=1S/C13H26N2O4/c1-5-11(8-12(16)17)14-13(18)15(6-7-19-4)9-10(2)3/h10-11H,5-9H2,1-4H3,(H,14,18)(H,16,17). The zero-order chi connectivity index (χ0) is 14.8. The average Bonchev–Trinajstić information content (AvgIpc) is 2.32. The first-order valence-corrected chi connectivity index (χ1v) is 6.66. The van der Waals surface area contributed by atoms with Crippen LogP contribution in [-0.4, -0.2) is 54.9 Å². The fourth-order valence-corrected chi connectivity index (χ4v) is 1.69. The van der Waals surface area contributed by atoms with E-state index < -0.39 is 5.97 Å². The fourth-order valence-electron chi connectivity index (χ4n) is 1.69. The molecule has 1 unspecified atom stereocenters. The first-order valence-electron chi connectivity index (χ1n) is 6.66. The Hall–Kier alpha value is -1.30. The van der Waals surface area contributed by atoms with E-state index in [1.54, 1.807) is 12.0 Å². The second-order valence-electron chi connectivity index (χ2n) is 4.99. The molecule has 0 aliphatic rings. The Bertz CT molecular complexity index is 282. The van der Waals surface area contributed by atoms with Crippen molar-refractivity contribution in [3.05, 3.63) is 0 Å². The SMILES string of the molecule is CCC(CC(=O)O)NC(=O)N(CCOC)CC(C)C. The predicted octanol–water partition coefficient (Wildman–Crippen LogP) is 1.55. The van der Waals surface area contributed by atoms with E-state index in [1.807, 2.05) is 20.8 Å². The van der Waals surface area contributed by atoms with Crippen molar-refractivity contribution in [2.75, 3.05) is 26.8 Å². The van der Waals surface area contributed by atoms with Gasteiger partial charge in [-0.1, -0.05) is 20.8 Å². The maximum absolute atomic E-state index is 12.1. The highest BCUT2D eigenvalue weighted by molar-refractivity contribution is 5.76. The summed E-state index contributed by atoms with van der Waals surface area (Å²) < 4.78 is 4.98. The van der Waals surface area contributed by atoms with Crippen molar-refractivity contribution in [3.8, 4) is 0 Å². The molecule has 6 nitrogen and oxygen atoms in total. The van der Waals surface area contributed by atoms with Gasteiger partial charge in [0.1, 0.15) is 0 Å². The molecule has 2 amide bonds. The fraction of sp³-hybridized carbons (Fsp3) is 0.846. The number of carbonyl (C=O) groups is 2. The Morgan fingerprint density at radius 2 is 2.00 bits per heavy atom. The molecule has 0 aromatic rings. The number of hydrogen-bond donors (Lipinski definition) is 2. The molecule has 0 heterocycles. The van der Waals surface area contributed by atoms with Gasteiger partial charge in [-0.2, -0.15) is 0 Å². The lowest BCUT2D eigenvalue weighted by Gasteiger charge is -2.27.